The van der Waals surface area contributed by atoms with E-state index in [4.69, 9.17) is 11.6 Å². The second-order valence-corrected chi connectivity index (χ2v) is 3.38. The van der Waals surface area contributed by atoms with Crippen LogP contribution in [0.15, 0.2) is 18.3 Å². The Morgan fingerprint density at radius 1 is 1.62 bits per heavy atom. The summed E-state index contributed by atoms with van der Waals surface area (Å²) >= 11 is 5.71. The summed E-state index contributed by atoms with van der Waals surface area (Å²) in [6, 6.07) is 3.02. The van der Waals surface area contributed by atoms with E-state index in [1.165, 1.54) is 12.3 Å². The minimum Gasteiger partial charge on any atom is -0.464 e. The fourth-order valence-electron chi connectivity index (χ4n) is 1.15. The van der Waals surface area contributed by atoms with Gasteiger partial charge in [0.2, 0.25) is 0 Å². The highest BCUT2D eigenvalue weighted by molar-refractivity contribution is 6.30. The normalized spacial score (nSPS) is 14.2. The highest BCUT2D eigenvalue weighted by atomic mass is 35.5. The summed E-state index contributed by atoms with van der Waals surface area (Å²) < 4.78 is 4.57. The number of aliphatic hydroxyl groups is 2. The first-order chi connectivity index (χ1) is 7.57. The molecule has 0 saturated heterocycles. The number of aromatic nitrogens is 1. The Morgan fingerprint density at radius 3 is 2.88 bits per heavy atom. The molecule has 0 aliphatic carbocycles. The molecule has 0 spiro atoms. The van der Waals surface area contributed by atoms with Crippen LogP contribution < -0.4 is 0 Å². The van der Waals surface area contributed by atoms with Crippen molar-refractivity contribution in [3.8, 4) is 0 Å². The van der Waals surface area contributed by atoms with Crippen LogP contribution >= 0.6 is 11.6 Å². The fourth-order valence-corrected chi connectivity index (χ4v) is 1.38. The number of hydrogen-bond donors (Lipinski definition) is 2. The Kier molecular flexibility index (Phi) is 4.67. The Bertz CT molecular complexity index is 372. The number of aliphatic hydroxyl groups excluding tert-OH is 2. The summed E-state index contributed by atoms with van der Waals surface area (Å²) in [5.41, 5.74) is 0.185. The van der Waals surface area contributed by atoms with Crippen LogP contribution in [0.2, 0.25) is 5.15 Å². The minimum atomic E-state index is -1.67. The molecule has 1 rings (SSSR count). The molecule has 0 fully saturated rings. The van der Waals surface area contributed by atoms with E-state index in [1.54, 1.807) is 13.0 Å². The van der Waals surface area contributed by atoms with Crippen LogP contribution in [0.4, 0.5) is 0 Å². The second kappa shape index (κ2) is 5.79. The Balaban J connectivity index is 2.82. The molecule has 0 saturated carbocycles. The highest BCUT2D eigenvalue weighted by Crippen LogP contribution is 2.23. The van der Waals surface area contributed by atoms with E-state index in [0.29, 0.717) is 0 Å². The summed E-state index contributed by atoms with van der Waals surface area (Å²) in [5, 5.41) is 19.2. The van der Waals surface area contributed by atoms with Gasteiger partial charge in [-0.05, 0) is 13.0 Å². The van der Waals surface area contributed by atoms with Crippen molar-refractivity contribution in [2.75, 3.05) is 6.61 Å². The van der Waals surface area contributed by atoms with Gasteiger partial charge >= 0.3 is 5.97 Å². The van der Waals surface area contributed by atoms with Gasteiger partial charge in [-0.3, -0.25) is 0 Å². The zero-order valence-electron chi connectivity index (χ0n) is 8.63. The van der Waals surface area contributed by atoms with Crippen molar-refractivity contribution in [2.45, 2.75) is 19.1 Å². The standard InChI is InChI=1S/C10H12ClNO4/c1-2-16-10(15)8(14)7(13)6-4-3-5-12-9(6)11/h3-5,7-8,13-14H,2H2,1H3. The molecule has 2 unspecified atom stereocenters. The maximum Gasteiger partial charge on any atom is 0.338 e. The molecule has 1 heterocycles. The molecular weight excluding hydrogens is 234 g/mol. The van der Waals surface area contributed by atoms with Crippen LogP contribution in [-0.2, 0) is 9.53 Å². The first-order valence-corrected chi connectivity index (χ1v) is 5.09. The first-order valence-electron chi connectivity index (χ1n) is 4.71. The lowest BCUT2D eigenvalue weighted by Crippen LogP contribution is -2.30. The Hall–Kier alpha value is -1.17. The summed E-state index contributed by atoms with van der Waals surface area (Å²) in [6.45, 7) is 1.73. The minimum absolute atomic E-state index is 0.0401. The predicted molar refractivity (Wildman–Crippen MR) is 56.8 cm³/mol. The molecule has 0 radical (unpaired) electrons. The molecule has 1 aromatic heterocycles. The predicted octanol–water partition coefficient (Wildman–Crippen LogP) is 0.692. The van der Waals surface area contributed by atoms with Crippen molar-refractivity contribution in [3.63, 3.8) is 0 Å². The van der Waals surface area contributed by atoms with Gasteiger partial charge in [0.05, 0.1) is 6.61 Å². The van der Waals surface area contributed by atoms with E-state index in [-0.39, 0.29) is 17.3 Å². The lowest BCUT2D eigenvalue weighted by Gasteiger charge is -2.16. The maximum atomic E-state index is 11.2. The zero-order valence-corrected chi connectivity index (χ0v) is 9.39. The van der Waals surface area contributed by atoms with Gasteiger partial charge in [0.1, 0.15) is 11.3 Å². The number of rotatable bonds is 4. The van der Waals surface area contributed by atoms with Gasteiger partial charge in [-0.25, -0.2) is 9.78 Å². The molecule has 0 aliphatic heterocycles. The maximum absolute atomic E-state index is 11.2. The van der Waals surface area contributed by atoms with Gasteiger partial charge in [-0.2, -0.15) is 0 Å². The van der Waals surface area contributed by atoms with Crippen LogP contribution in [0.5, 0.6) is 0 Å². The van der Waals surface area contributed by atoms with Gasteiger partial charge in [-0.15, -0.1) is 0 Å². The van der Waals surface area contributed by atoms with E-state index in [1.807, 2.05) is 0 Å². The number of carbonyl (C=O) groups is 1. The lowest BCUT2D eigenvalue weighted by molar-refractivity contribution is -0.159. The third-order valence-corrected chi connectivity index (χ3v) is 2.25. The first kappa shape index (κ1) is 12.9. The van der Waals surface area contributed by atoms with Gasteiger partial charge < -0.3 is 14.9 Å². The zero-order chi connectivity index (χ0) is 12.1. The number of nitrogens with zero attached hydrogens (tertiary/aromatic N) is 1. The molecule has 0 amide bonds. The topological polar surface area (TPSA) is 79.7 Å². The molecule has 0 bridgehead atoms. The second-order valence-electron chi connectivity index (χ2n) is 3.03. The van der Waals surface area contributed by atoms with Crippen LogP contribution in [0.1, 0.15) is 18.6 Å². The molecule has 0 aliphatic rings. The van der Waals surface area contributed by atoms with Crippen molar-refractivity contribution in [1.29, 1.82) is 0 Å². The van der Waals surface area contributed by atoms with Crippen molar-refractivity contribution in [2.24, 2.45) is 0 Å². The average Bonchev–Trinajstić information content (AvgIpc) is 2.28. The quantitative estimate of drug-likeness (QED) is 0.603. The van der Waals surface area contributed by atoms with Gasteiger partial charge in [0.25, 0.3) is 0 Å². The van der Waals surface area contributed by atoms with Gasteiger partial charge in [0.15, 0.2) is 6.10 Å². The molecular formula is C10H12ClNO4. The fraction of sp³-hybridized carbons (Fsp3) is 0.400. The SMILES string of the molecule is CCOC(=O)C(O)C(O)c1cccnc1Cl. The Labute approximate surface area is 97.6 Å². The van der Waals surface area contributed by atoms with Crippen molar-refractivity contribution in [3.05, 3.63) is 29.0 Å². The Morgan fingerprint density at radius 2 is 2.31 bits per heavy atom. The summed E-state index contributed by atoms with van der Waals surface area (Å²) in [4.78, 5) is 14.9. The van der Waals surface area contributed by atoms with E-state index < -0.39 is 18.2 Å². The number of pyridine rings is 1. The molecule has 2 atom stereocenters. The van der Waals surface area contributed by atoms with Crippen molar-refractivity contribution < 1.29 is 19.7 Å². The summed E-state index contributed by atoms with van der Waals surface area (Å²) in [5.74, 6) is -0.894. The average molecular weight is 246 g/mol. The van der Waals surface area contributed by atoms with E-state index >= 15 is 0 Å². The van der Waals surface area contributed by atoms with E-state index in [2.05, 4.69) is 9.72 Å². The van der Waals surface area contributed by atoms with E-state index in [0.717, 1.165) is 0 Å². The van der Waals surface area contributed by atoms with Gasteiger partial charge in [-0.1, -0.05) is 17.7 Å². The van der Waals surface area contributed by atoms with Crippen LogP contribution in [0.25, 0.3) is 0 Å². The van der Waals surface area contributed by atoms with Crippen LogP contribution in [0, 0.1) is 0 Å². The summed E-state index contributed by atoms with van der Waals surface area (Å²) in [6.07, 6.45) is -1.67. The smallest absolute Gasteiger partial charge is 0.338 e. The largest absolute Gasteiger partial charge is 0.464 e. The highest BCUT2D eigenvalue weighted by Gasteiger charge is 2.28. The molecule has 1 aromatic rings. The number of hydrogen-bond acceptors (Lipinski definition) is 5. The molecule has 88 valence electrons. The monoisotopic (exact) mass is 245 g/mol. The van der Waals surface area contributed by atoms with Crippen LogP contribution in [-0.4, -0.2) is 33.9 Å². The number of halogens is 1. The third kappa shape index (κ3) is 2.91. The number of esters is 1. The lowest BCUT2D eigenvalue weighted by atomic mass is 10.1. The van der Waals surface area contributed by atoms with Gasteiger partial charge in [0, 0.05) is 11.8 Å². The molecule has 5 nitrogen and oxygen atoms in total. The van der Waals surface area contributed by atoms with Crippen molar-refractivity contribution >= 4 is 17.6 Å². The third-order valence-electron chi connectivity index (χ3n) is 1.93. The van der Waals surface area contributed by atoms with Crippen molar-refractivity contribution in [1.82, 2.24) is 4.98 Å². The molecule has 2 N–H and O–H groups in total. The molecule has 16 heavy (non-hydrogen) atoms. The number of ether oxygens (including phenoxy) is 1. The van der Waals surface area contributed by atoms with Crippen LogP contribution in [0.3, 0.4) is 0 Å². The number of carbonyl (C=O) groups excluding carboxylic acids is 1. The molecule has 6 heteroatoms. The molecule has 0 aromatic carbocycles. The summed E-state index contributed by atoms with van der Waals surface area (Å²) in [7, 11) is 0. The van der Waals surface area contributed by atoms with E-state index in [9.17, 15) is 15.0 Å².